The molecule has 2 rings (SSSR count). The van der Waals surface area contributed by atoms with E-state index in [0.29, 0.717) is 0 Å². The van der Waals surface area contributed by atoms with E-state index in [4.69, 9.17) is 4.74 Å². The van der Waals surface area contributed by atoms with Crippen molar-refractivity contribution in [3.8, 4) is 0 Å². The highest BCUT2D eigenvalue weighted by Crippen LogP contribution is 2.14. The first-order valence-electron chi connectivity index (χ1n) is 6.97. The maximum Gasteiger partial charge on any atom is 0.239 e. The molecule has 18 heavy (non-hydrogen) atoms. The molecule has 104 valence electrons. The van der Waals surface area contributed by atoms with E-state index in [1.165, 1.54) is 0 Å². The molecule has 1 unspecified atom stereocenters. The van der Waals surface area contributed by atoms with Crippen LogP contribution in [-0.2, 0) is 9.53 Å². The SMILES string of the molecule is CC(C(=O)N1C[C@@H](C)O[C@@H](C)C1)N1CCNCC1. The number of morpholine rings is 1. The second kappa shape index (κ2) is 5.99. The molecule has 2 aliphatic heterocycles. The maximum atomic E-state index is 12.5. The summed E-state index contributed by atoms with van der Waals surface area (Å²) < 4.78 is 5.67. The van der Waals surface area contributed by atoms with Gasteiger partial charge in [-0.15, -0.1) is 0 Å². The van der Waals surface area contributed by atoms with E-state index in [-0.39, 0.29) is 24.2 Å². The van der Waals surface area contributed by atoms with Crippen molar-refractivity contribution in [2.75, 3.05) is 39.3 Å². The van der Waals surface area contributed by atoms with Crippen LogP contribution in [0.1, 0.15) is 20.8 Å². The lowest BCUT2D eigenvalue weighted by atomic mass is 10.1. The molecule has 5 nitrogen and oxygen atoms in total. The third kappa shape index (κ3) is 3.22. The van der Waals surface area contributed by atoms with E-state index in [1.807, 2.05) is 25.7 Å². The molecule has 0 bridgehead atoms. The molecule has 0 radical (unpaired) electrons. The van der Waals surface area contributed by atoms with Gasteiger partial charge < -0.3 is 15.0 Å². The third-order valence-corrected chi connectivity index (χ3v) is 3.79. The average Bonchev–Trinajstić information content (AvgIpc) is 2.37. The molecule has 0 aromatic carbocycles. The van der Waals surface area contributed by atoms with Gasteiger partial charge in [0.15, 0.2) is 0 Å². The molecule has 0 aromatic rings. The fourth-order valence-electron chi connectivity index (χ4n) is 2.85. The summed E-state index contributed by atoms with van der Waals surface area (Å²) in [5.41, 5.74) is 0. The number of hydrogen-bond donors (Lipinski definition) is 1. The molecular weight excluding hydrogens is 230 g/mol. The van der Waals surface area contributed by atoms with Crippen LogP contribution in [0.4, 0.5) is 0 Å². The summed E-state index contributed by atoms with van der Waals surface area (Å²) in [6, 6.07) is -0.00963. The van der Waals surface area contributed by atoms with E-state index in [0.717, 1.165) is 39.3 Å². The van der Waals surface area contributed by atoms with Gasteiger partial charge >= 0.3 is 0 Å². The second-order valence-corrected chi connectivity index (χ2v) is 5.46. The summed E-state index contributed by atoms with van der Waals surface area (Å²) in [6.07, 6.45) is 0.292. The van der Waals surface area contributed by atoms with Crippen molar-refractivity contribution in [1.82, 2.24) is 15.1 Å². The first kappa shape index (κ1) is 13.8. The number of nitrogens with one attached hydrogen (secondary N) is 1. The summed E-state index contributed by atoms with van der Waals surface area (Å²) in [7, 11) is 0. The lowest BCUT2D eigenvalue weighted by Crippen LogP contribution is -2.57. The zero-order chi connectivity index (χ0) is 13.1. The normalized spacial score (nSPS) is 32.3. The number of piperazine rings is 1. The third-order valence-electron chi connectivity index (χ3n) is 3.79. The quantitative estimate of drug-likeness (QED) is 0.749. The highest BCUT2D eigenvalue weighted by atomic mass is 16.5. The van der Waals surface area contributed by atoms with Crippen LogP contribution in [0.25, 0.3) is 0 Å². The molecule has 1 N–H and O–H groups in total. The summed E-state index contributed by atoms with van der Waals surface area (Å²) in [6.45, 7) is 11.4. The number of carbonyl (C=O) groups is 1. The van der Waals surface area contributed by atoms with Gasteiger partial charge in [-0.1, -0.05) is 0 Å². The van der Waals surface area contributed by atoms with Crippen molar-refractivity contribution in [3.05, 3.63) is 0 Å². The van der Waals surface area contributed by atoms with Crippen LogP contribution in [0.3, 0.4) is 0 Å². The van der Waals surface area contributed by atoms with Crippen LogP contribution in [0.15, 0.2) is 0 Å². The summed E-state index contributed by atoms with van der Waals surface area (Å²) in [4.78, 5) is 16.7. The number of hydrogen-bond acceptors (Lipinski definition) is 4. The first-order valence-corrected chi connectivity index (χ1v) is 6.97. The largest absolute Gasteiger partial charge is 0.372 e. The van der Waals surface area contributed by atoms with Gasteiger partial charge in [-0.2, -0.15) is 0 Å². The average molecular weight is 255 g/mol. The van der Waals surface area contributed by atoms with Crippen LogP contribution >= 0.6 is 0 Å². The highest BCUT2D eigenvalue weighted by molar-refractivity contribution is 5.81. The van der Waals surface area contributed by atoms with E-state index < -0.39 is 0 Å². The molecule has 2 heterocycles. The zero-order valence-corrected chi connectivity index (χ0v) is 11.7. The van der Waals surface area contributed by atoms with Crippen LogP contribution in [0.2, 0.25) is 0 Å². The lowest BCUT2D eigenvalue weighted by molar-refractivity contribution is -0.148. The van der Waals surface area contributed by atoms with E-state index in [9.17, 15) is 4.79 Å². The molecular formula is C13H25N3O2. The molecule has 1 amide bonds. The Hall–Kier alpha value is -0.650. The zero-order valence-electron chi connectivity index (χ0n) is 11.7. The molecule has 0 aromatic heterocycles. The van der Waals surface area contributed by atoms with Crippen molar-refractivity contribution in [3.63, 3.8) is 0 Å². The van der Waals surface area contributed by atoms with Crippen molar-refractivity contribution in [2.24, 2.45) is 0 Å². The number of nitrogens with zero attached hydrogens (tertiary/aromatic N) is 2. The van der Waals surface area contributed by atoms with Crippen LogP contribution in [-0.4, -0.2) is 73.2 Å². The standard InChI is InChI=1S/C13H25N3O2/c1-10-8-16(9-11(2)18-10)13(17)12(3)15-6-4-14-5-7-15/h10-12,14H,4-9H2,1-3H3/t10-,11+,12?. The van der Waals surface area contributed by atoms with Crippen molar-refractivity contribution >= 4 is 5.91 Å². The van der Waals surface area contributed by atoms with E-state index in [1.54, 1.807) is 0 Å². The first-order chi connectivity index (χ1) is 8.58. The molecule has 2 saturated heterocycles. The summed E-state index contributed by atoms with van der Waals surface area (Å²) in [5, 5.41) is 3.32. The Kier molecular flexibility index (Phi) is 4.59. The molecule has 0 spiro atoms. The predicted octanol–water partition coefficient (Wildman–Crippen LogP) is -0.0841. The van der Waals surface area contributed by atoms with Crippen LogP contribution in [0.5, 0.6) is 0 Å². The molecule has 0 saturated carbocycles. The fraction of sp³-hybridized carbons (Fsp3) is 0.923. The Morgan fingerprint density at radius 2 is 1.78 bits per heavy atom. The highest BCUT2D eigenvalue weighted by Gasteiger charge is 2.31. The van der Waals surface area contributed by atoms with E-state index >= 15 is 0 Å². The minimum Gasteiger partial charge on any atom is -0.372 e. The fourth-order valence-corrected chi connectivity index (χ4v) is 2.85. The minimum absolute atomic E-state index is 0.00963. The molecule has 3 atom stereocenters. The van der Waals surface area contributed by atoms with Crippen molar-refractivity contribution in [2.45, 2.75) is 39.0 Å². The number of ether oxygens (including phenoxy) is 1. The van der Waals surface area contributed by atoms with Gasteiger partial charge in [0, 0.05) is 39.3 Å². The van der Waals surface area contributed by atoms with Gasteiger partial charge in [0.2, 0.25) is 5.91 Å². The van der Waals surface area contributed by atoms with Gasteiger partial charge in [-0.25, -0.2) is 0 Å². The van der Waals surface area contributed by atoms with Crippen molar-refractivity contribution < 1.29 is 9.53 Å². The summed E-state index contributed by atoms with van der Waals surface area (Å²) in [5.74, 6) is 0.249. The monoisotopic (exact) mass is 255 g/mol. The summed E-state index contributed by atoms with van der Waals surface area (Å²) >= 11 is 0. The number of rotatable bonds is 2. The van der Waals surface area contributed by atoms with Crippen molar-refractivity contribution in [1.29, 1.82) is 0 Å². The smallest absolute Gasteiger partial charge is 0.239 e. The Morgan fingerprint density at radius 3 is 2.33 bits per heavy atom. The number of amides is 1. The Morgan fingerprint density at radius 1 is 1.22 bits per heavy atom. The van der Waals surface area contributed by atoms with Crippen LogP contribution < -0.4 is 5.32 Å². The Bertz CT molecular complexity index is 282. The minimum atomic E-state index is -0.00963. The van der Waals surface area contributed by atoms with Gasteiger partial charge in [0.25, 0.3) is 0 Å². The molecule has 5 heteroatoms. The number of carbonyl (C=O) groups excluding carboxylic acids is 1. The topological polar surface area (TPSA) is 44.8 Å². The predicted molar refractivity (Wildman–Crippen MR) is 70.5 cm³/mol. The van der Waals surface area contributed by atoms with Gasteiger partial charge in [0.05, 0.1) is 18.2 Å². The second-order valence-electron chi connectivity index (χ2n) is 5.46. The molecule has 0 aliphatic carbocycles. The molecule has 2 fully saturated rings. The lowest BCUT2D eigenvalue weighted by Gasteiger charge is -2.39. The van der Waals surface area contributed by atoms with Gasteiger partial charge in [-0.3, -0.25) is 9.69 Å². The molecule has 2 aliphatic rings. The maximum absolute atomic E-state index is 12.5. The Balaban J connectivity index is 1.92. The van der Waals surface area contributed by atoms with Crippen LogP contribution in [0, 0.1) is 0 Å². The Labute approximate surface area is 109 Å². The van der Waals surface area contributed by atoms with Gasteiger partial charge in [0.1, 0.15) is 0 Å². The van der Waals surface area contributed by atoms with Gasteiger partial charge in [-0.05, 0) is 20.8 Å². The van der Waals surface area contributed by atoms with E-state index in [2.05, 4.69) is 10.2 Å².